The highest BCUT2D eigenvalue weighted by Gasteiger charge is 2.23. The first-order valence-electron chi connectivity index (χ1n) is 5.92. The predicted molar refractivity (Wildman–Crippen MR) is 81.3 cm³/mol. The van der Waals surface area contributed by atoms with Crippen LogP contribution in [-0.2, 0) is 10.0 Å². The smallest absolute Gasteiger partial charge is 0.224 e. The Kier molecular flexibility index (Phi) is 3.39. The van der Waals surface area contributed by atoms with Crippen LogP contribution in [0.1, 0.15) is 5.56 Å². The monoisotopic (exact) mass is 341 g/mol. The highest BCUT2D eigenvalue weighted by atomic mass is 35.5. The Morgan fingerprint density at radius 3 is 2.43 bits per heavy atom. The lowest BCUT2D eigenvalue weighted by molar-refractivity contribution is 0.588. The number of nitrogens with zero attached hydrogens (tertiary/aromatic N) is 3. The molecule has 2 heterocycles. The van der Waals surface area contributed by atoms with Gasteiger partial charge in [-0.2, -0.15) is 4.98 Å². The number of aromatic nitrogens is 3. The maximum Gasteiger partial charge on any atom is 0.269 e. The number of benzene rings is 1. The van der Waals surface area contributed by atoms with E-state index in [-0.39, 0.29) is 21.0 Å². The van der Waals surface area contributed by atoms with Crippen molar-refractivity contribution in [3.8, 4) is 0 Å². The molecule has 0 aliphatic rings. The van der Waals surface area contributed by atoms with Crippen molar-refractivity contribution < 1.29 is 8.42 Å². The summed E-state index contributed by atoms with van der Waals surface area (Å²) in [5.74, 6) is 0. The van der Waals surface area contributed by atoms with Crippen LogP contribution in [0.4, 0.5) is 0 Å². The zero-order valence-electron chi connectivity index (χ0n) is 10.8. The van der Waals surface area contributed by atoms with Crippen LogP contribution in [0.15, 0.2) is 41.4 Å². The van der Waals surface area contributed by atoms with Crippen molar-refractivity contribution in [3.05, 3.63) is 52.5 Å². The first-order valence-corrected chi connectivity index (χ1v) is 8.12. The van der Waals surface area contributed by atoms with E-state index in [1.165, 1.54) is 18.3 Å². The Labute approximate surface area is 131 Å². The molecule has 0 bridgehead atoms. The van der Waals surface area contributed by atoms with E-state index in [1.807, 2.05) is 0 Å². The maximum absolute atomic E-state index is 12.7. The summed E-state index contributed by atoms with van der Waals surface area (Å²) in [6.07, 6.45) is 1.46. The molecule has 0 aliphatic heterocycles. The van der Waals surface area contributed by atoms with Crippen LogP contribution in [0, 0.1) is 6.92 Å². The van der Waals surface area contributed by atoms with Crippen molar-refractivity contribution in [3.63, 3.8) is 0 Å². The molecule has 0 atom stereocenters. The number of rotatable bonds is 2. The van der Waals surface area contributed by atoms with Gasteiger partial charge in [0.05, 0.1) is 10.3 Å². The molecule has 0 fully saturated rings. The number of halogens is 2. The zero-order valence-corrected chi connectivity index (χ0v) is 13.1. The Balaban J connectivity index is 2.37. The van der Waals surface area contributed by atoms with E-state index in [1.54, 1.807) is 25.1 Å². The molecule has 0 radical (unpaired) electrons. The van der Waals surface area contributed by atoms with Crippen molar-refractivity contribution in [1.82, 2.24) is 13.9 Å². The number of hydrogen-bond acceptors (Lipinski definition) is 4. The van der Waals surface area contributed by atoms with Crippen molar-refractivity contribution in [2.24, 2.45) is 0 Å². The van der Waals surface area contributed by atoms with Crippen LogP contribution in [-0.4, -0.2) is 22.4 Å². The standard InChI is InChI=1S/C13H9Cl2N3O2S/c1-8-7-18(12-10(8)11(14)16-13(15)17-12)21(19,20)9-5-3-2-4-6-9/h2-7H,1H3. The van der Waals surface area contributed by atoms with E-state index in [9.17, 15) is 8.42 Å². The second-order valence-electron chi connectivity index (χ2n) is 4.41. The Hall–Kier alpha value is -1.63. The Bertz CT molecular complexity index is 937. The summed E-state index contributed by atoms with van der Waals surface area (Å²) in [7, 11) is -3.77. The summed E-state index contributed by atoms with van der Waals surface area (Å²) >= 11 is 11.8. The van der Waals surface area contributed by atoms with Crippen molar-refractivity contribution in [2.45, 2.75) is 11.8 Å². The second kappa shape index (κ2) is 4.98. The van der Waals surface area contributed by atoms with Gasteiger partial charge in [-0.3, -0.25) is 0 Å². The van der Waals surface area contributed by atoms with Crippen molar-refractivity contribution in [2.75, 3.05) is 0 Å². The molecule has 8 heteroatoms. The van der Waals surface area contributed by atoms with Crippen LogP contribution in [0.2, 0.25) is 10.4 Å². The number of hydrogen-bond donors (Lipinski definition) is 0. The fraction of sp³-hybridized carbons (Fsp3) is 0.0769. The van der Waals surface area contributed by atoms with Gasteiger partial charge in [0.25, 0.3) is 10.0 Å². The summed E-state index contributed by atoms with van der Waals surface area (Å²) < 4.78 is 26.5. The van der Waals surface area contributed by atoms with E-state index in [4.69, 9.17) is 23.2 Å². The third-order valence-electron chi connectivity index (χ3n) is 3.03. The van der Waals surface area contributed by atoms with E-state index in [0.717, 1.165) is 3.97 Å². The third-order valence-corrected chi connectivity index (χ3v) is 5.14. The largest absolute Gasteiger partial charge is 0.269 e. The quantitative estimate of drug-likeness (QED) is 0.530. The van der Waals surface area contributed by atoms with Crippen molar-refractivity contribution >= 4 is 44.3 Å². The van der Waals surface area contributed by atoms with Gasteiger partial charge in [0, 0.05) is 6.20 Å². The van der Waals surface area contributed by atoms with Crippen molar-refractivity contribution in [1.29, 1.82) is 0 Å². The average molecular weight is 342 g/mol. The lowest BCUT2D eigenvalue weighted by Gasteiger charge is -2.06. The summed E-state index contributed by atoms with van der Waals surface area (Å²) in [5, 5.41) is 0.500. The molecule has 2 aromatic heterocycles. The van der Waals surface area contributed by atoms with E-state index >= 15 is 0 Å². The molecule has 3 rings (SSSR count). The molecule has 21 heavy (non-hydrogen) atoms. The van der Waals surface area contributed by atoms with Crippen LogP contribution in [0.3, 0.4) is 0 Å². The van der Waals surface area contributed by atoms with Gasteiger partial charge in [0.2, 0.25) is 5.28 Å². The topological polar surface area (TPSA) is 64.8 Å². The molecule has 0 N–H and O–H groups in total. The molecule has 5 nitrogen and oxygen atoms in total. The lowest BCUT2D eigenvalue weighted by Crippen LogP contribution is -2.12. The van der Waals surface area contributed by atoms with Gasteiger partial charge in [-0.15, -0.1) is 0 Å². The average Bonchev–Trinajstić information content (AvgIpc) is 2.77. The molecule has 1 aromatic carbocycles. The van der Waals surface area contributed by atoms with Crippen LogP contribution in [0.25, 0.3) is 11.0 Å². The Morgan fingerprint density at radius 1 is 1.10 bits per heavy atom. The molecular weight excluding hydrogens is 333 g/mol. The molecule has 0 saturated carbocycles. The highest BCUT2D eigenvalue weighted by molar-refractivity contribution is 7.90. The van der Waals surface area contributed by atoms with Gasteiger partial charge >= 0.3 is 0 Å². The molecule has 0 saturated heterocycles. The molecule has 0 unspecified atom stereocenters. The maximum atomic E-state index is 12.7. The summed E-state index contributed by atoms with van der Waals surface area (Å²) in [4.78, 5) is 8.01. The summed E-state index contributed by atoms with van der Waals surface area (Å²) in [5.41, 5.74) is 0.826. The van der Waals surface area contributed by atoms with Crippen LogP contribution >= 0.6 is 23.2 Å². The van der Waals surface area contributed by atoms with Gasteiger partial charge in [-0.05, 0) is 36.2 Å². The third kappa shape index (κ3) is 2.29. The minimum Gasteiger partial charge on any atom is -0.224 e. The van der Waals surface area contributed by atoms with E-state index < -0.39 is 10.0 Å². The van der Waals surface area contributed by atoms with Crippen LogP contribution in [0.5, 0.6) is 0 Å². The molecule has 0 aliphatic carbocycles. The molecule has 108 valence electrons. The predicted octanol–water partition coefficient (Wildman–Crippen LogP) is 3.28. The van der Waals surface area contributed by atoms with Gasteiger partial charge in [0.15, 0.2) is 5.65 Å². The number of fused-ring (bicyclic) bond motifs is 1. The molecule has 3 aromatic rings. The zero-order chi connectivity index (χ0) is 15.2. The van der Waals surface area contributed by atoms with Crippen LogP contribution < -0.4 is 0 Å². The minimum atomic E-state index is -3.77. The second-order valence-corrected chi connectivity index (χ2v) is 6.92. The SMILES string of the molecule is Cc1cn(S(=O)(=O)c2ccccc2)c2nc(Cl)nc(Cl)c12. The van der Waals surface area contributed by atoms with E-state index in [2.05, 4.69) is 9.97 Å². The summed E-state index contributed by atoms with van der Waals surface area (Å²) in [6.45, 7) is 1.74. The normalized spacial score (nSPS) is 12.0. The highest BCUT2D eigenvalue weighted by Crippen LogP contribution is 2.29. The fourth-order valence-corrected chi connectivity index (χ4v) is 3.99. The number of aryl methyl sites for hydroxylation is 1. The van der Waals surface area contributed by atoms with Gasteiger partial charge in [-0.25, -0.2) is 17.4 Å². The fourth-order valence-electron chi connectivity index (χ4n) is 2.09. The first-order chi connectivity index (χ1) is 9.91. The Morgan fingerprint density at radius 2 is 1.76 bits per heavy atom. The van der Waals surface area contributed by atoms with Gasteiger partial charge in [-0.1, -0.05) is 29.8 Å². The molecule has 0 amide bonds. The first kappa shape index (κ1) is 14.3. The van der Waals surface area contributed by atoms with Gasteiger partial charge in [0.1, 0.15) is 5.15 Å². The summed E-state index contributed by atoms with van der Waals surface area (Å²) in [6, 6.07) is 8.08. The molecule has 0 spiro atoms. The van der Waals surface area contributed by atoms with E-state index in [0.29, 0.717) is 10.9 Å². The minimum absolute atomic E-state index is 0.102. The van der Waals surface area contributed by atoms with Gasteiger partial charge < -0.3 is 0 Å². The lowest BCUT2D eigenvalue weighted by atomic mass is 10.3. The molecular formula is C13H9Cl2N3O2S.